The number of aromatic nitrogens is 4. The van der Waals surface area contributed by atoms with E-state index in [2.05, 4.69) is 158 Å². The van der Waals surface area contributed by atoms with Crippen LogP contribution in [0.1, 0.15) is 43.4 Å². The van der Waals surface area contributed by atoms with E-state index in [9.17, 15) is 0 Å². The van der Waals surface area contributed by atoms with Crippen molar-refractivity contribution in [2.24, 2.45) is 0 Å². The van der Waals surface area contributed by atoms with Crippen LogP contribution in [0.4, 0.5) is 0 Å². The van der Waals surface area contributed by atoms with Gasteiger partial charge in [-0.25, -0.2) is 15.0 Å². The second-order valence-corrected chi connectivity index (χ2v) is 14.4. The van der Waals surface area contributed by atoms with Crippen LogP contribution in [0.3, 0.4) is 0 Å². The summed E-state index contributed by atoms with van der Waals surface area (Å²) in [6, 6.07) is 49.9. The average Bonchev–Trinajstić information content (AvgIpc) is 3.65. The quantitative estimate of drug-likeness (QED) is 0.183. The molecule has 8 aromatic rings. The summed E-state index contributed by atoms with van der Waals surface area (Å²) in [5.74, 6) is 1.96. The average molecular weight is 669 g/mol. The SMILES string of the molecule is CC1(C)c2ccccc2-c2cc3c4ccccc4n(-c4cccc(-c5nc(-c6ccccc6)nc(-c6ccc(C7=CC=CCC7)cc6)n5)c4)c3cc21. The van der Waals surface area contributed by atoms with Crippen molar-refractivity contribution in [1.82, 2.24) is 19.5 Å². The lowest BCUT2D eigenvalue weighted by atomic mass is 9.82. The third-order valence-corrected chi connectivity index (χ3v) is 10.9. The third kappa shape index (κ3) is 4.86. The maximum atomic E-state index is 5.12. The zero-order valence-corrected chi connectivity index (χ0v) is 29.2. The van der Waals surface area contributed by atoms with Crippen molar-refractivity contribution in [2.75, 3.05) is 0 Å². The van der Waals surface area contributed by atoms with E-state index in [1.54, 1.807) is 0 Å². The standard InChI is InChI=1S/C48H36N4/c1-48(2)41-22-11-9-20-37(41)39-29-40-38-21-10-12-23-43(38)52(44(40)30-42(39)48)36-19-13-18-35(28-36)47-50-45(33-16-7-4-8-17-33)49-46(51-47)34-26-24-32(25-27-34)31-14-5-3-6-15-31/h3-5,7-14,16-30H,6,15H2,1-2H3. The summed E-state index contributed by atoms with van der Waals surface area (Å²) in [5.41, 5.74) is 14.2. The molecule has 6 aromatic carbocycles. The van der Waals surface area contributed by atoms with Crippen molar-refractivity contribution < 1.29 is 0 Å². The minimum Gasteiger partial charge on any atom is -0.309 e. The highest BCUT2D eigenvalue weighted by Gasteiger charge is 2.36. The molecule has 4 heteroatoms. The zero-order valence-electron chi connectivity index (χ0n) is 29.2. The maximum Gasteiger partial charge on any atom is 0.164 e. The van der Waals surface area contributed by atoms with Gasteiger partial charge in [0.25, 0.3) is 0 Å². The van der Waals surface area contributed by atoms with Crippen LogP contribution in [-0.2, 0) is 5.41 Å². The van der Waals surface area contributed by atoms with E-state index in [0.29, 0.717) is 17.5 Å². The minimum absolute atomic E-state index is 0.0963. The van der Waals surface area contributed by atoms with Gasteiger partial charge < -0.3 is 4.57 Å². The Hall–Kier alpha value is -6.39. The lowest BCUT2D eigenvalue weighted by molar-refractivity contribution is 0.661. The summed E-state index contributed by atoms with van der Waals surface area (Å²) in [5, 5.41) is 2.50. The second-order valence-electron chi connectivity index (χ2n) is 14.4. The van der Waals surface area contributed by atoms with Gasteiger partial charge in [-0.2, -0.15) is 0 Å². The number of fused-ring (bicyclic) bond motifs is 6. The number of para-hydroxylation sites is 1. The fourth-order valence-corrected chi connectivity index (χ4v) is 8.25. The lowest BCUT2D eigenvalue weighted by Crippen LogP contribution is -2.14. The van der Waals surface area contributed by atoms with Gasteiger partial charge in [-0.05, 0) is 76.6 Å². The molecule has 0 radical (unpaired) electrons. The zero-order chi connectivity index (χ0) is 34.8. The van der Waals surface area contributed by atoms with E-state index in [4.69, 9.17) is 15.0 Å². The molecular weight excluding hydrogens is 633 g/mol. The van der Waals surface area contributed by atoms with Crippen LogP contribution in [0.25, 0.3) is 78.4 Å². The molecule has 10 rings (SSSR count). The number of hydrogen-bond donors (Lipinski definition) is 0. The Bertz CT molecular complexity index is 2750. The summed E-state index contributed by atoms with van der Waals surface area (Å²) in [6.07, 6.45) is 8.71. The number of benzene rings is 6. The van der Waals surface area contributed by atoms with Gasteiger partial charge in [0.2, 0.25) is 0 Å². The summed E-state index contributed by atoms with van der Waals surface area (Å²) in [7, 11) is 0. The van der Waals surface area contributed by atoms with Crippen LogP contribution >= 0.6 is 0 Å². The van der Waals surface area contributed by atoms with E-state index in [0.717, 1.165) is 35.2 Å². The van der Waals surface area contributed by atoms with Gasteiger partial charge in [-0.3, -0.25) is 0 Å². The molecule has 0 amide bonds. The summed E-state index contributed by atoms with van der Waals surface area (Å²) in [4.78, 5) is 15.2. The van der Waals surface area contributed by atoms with Crippen LogP contribution in [0.2, 0.25) is 0 Å². The van der Waals surface area contributed by atoms with Crippen LogP contribution in [-0.4, -0.2) is 19.5 Å². The van der Waals surface area contributed by atoms with Gasteiger partial charge in [0.1, 0.15) is 0 Å². The summed E-state index contributed by atoms with van der Waals surface area (Å²) < 4.78 is 2.40. The molecule has 0 saturated heterocycles. The summed E-state index contributed by atoms with van der Waals surface area (Å²) >= 11 is 0. The topological polar surface area (TPSA) is 43.6 Å². The molecule has 2 aliphatic carbocycles. The van der Waals surface area contributed by atoms with Gasteiger partial charge in [0.15, 0.2) is 17.5 Å². The Labute approximate surface area is 303 Å². The molecule has 0 unspecified atom stereocenters. The molecule has 0 atom stereocenters. The van der Waals surface area contributed by atoms with Crippen LogP contribution in [0.15, 0.2) is 158 Å². The maximum absolute atomic E-state index is 5.12. The van der Waals surface area contributed by atoms with Gasteiger partial charge in [-0.1, -0.05) is 141 Å². The number of nitrogens with zero attached hydrogens (tertiary/aromatic N) is 4. The first-order valence-corrected chi connectivity index (χ1v) is 18.1. The van der Waals surface area contributed by atoms with Gasteiger partial charge in [-0.15, -0.1) is 0 Å². The number of rotatable bonds is 5. The minimum atomic E-state index is -0.0963. The monoisotopic (exact) mass is 668 g/mol. The summed E-state index contributed by atoms with van der Waals surface area (Å²) in [6.45, 7) is 4.69. The van der Waals surface area contributed by atoms with Crippen molar-refractivity contribution in [2.45, 2.75) is 32.1 Å². The molecule has 2 heterocycles. The predicted octanol–water partition coefficient (Wildman–Crippen LogP) is 12.0. The first-order valence-electron chi connectivity index (χ1n) is 18.1. The largest absolute Gasteiger partial charge is 0.309 e. The molecule has 2 aromatic heterocycles. The first kappa shape index (κ1) is 30.4. The molecule has 0 aliphatic heterocycles. The van der Waals surface area contributed by atoms with Crippen molar-refractivity contribution in [3.63, 3.8) is 0 Å². The number of allylic oxidation sites excluding steroid dienone is 4. The Morgan fingerprint density at radius 2 is 1.19 bits per heavy atom. The van der Waals surface area contributed by atoms with Crippen LogP contribution < -0.4 is 0 Å². The molecular formula is C48H36N4. The van der Waals surface area contributed by atoms with Gasteiger partial charge >= 0.3 is 0 Å². The van der Waals surface area contributed by atoms with Crippen LogP contribution in [0, 0.1) is 0 Å². The fourth-order valence-electron chi connectivity index (χ4n) is 8.25. The molecule has 2 aliphatic rings. The predicted molar refractivity (Wildman–Crippen MR) is 214 cm³/mol. The third-order valence-electron chi connectivity index (χ3n) is 10.9. The van der Waals surface area contributed by atoms with E-state index < -0.39 is 0 Å². The first-order chi connectivity index (χ1) is 25.5. The lowest BCUT2D eigenvalue weighted by Gasteiger charge is -2.21. The molecule has 0 spiro atoms. The highest BCUT2D eigenvalue weighted by atomic mass is 15.0. The molecule has 0 fully saturated rings. The van der Waals surface area contributed by atoms with E-state index in [1.807, 2.05) is 18.2 Å². The molecule has 248 valence electrons. The van der Waals surface area contributed by atoms with E-state index in [-0.39, 0.29) is 5.41 Å². The van der Waals surface area contributed by atoms with E-state index in [1.165, 1.54) is 55.2 Å². The molecule has 0 N–H and O–H groups in total. The Balaban J connectivity index is 1.13. The van der Waals surface area contributed by atoms with Crippen molar-refractivity contribution in [3.05, 3.63) is 174 Å². The van der Waals surface area contributed by atoms with E-state index >= 15 is 0 Å². The Morgan fingerprint density at radius 1 is 0.519 bits per heavy atom. The van der Waals surface area contributed by atoms with Crippen molar-refractivity contribution in [1.29, 1.82) is 0 Å². The Morgan fingerprint density at radius 3 is 1.98 bits per heavy atom. The molecule has 0 bridgehead atoms. The van der Waals surface area contributed by atoms with Crippen molar-refractivity contribution in [3.8, 4) is 51.0 Å². The van der Waals surface area contributed by atoms with Crippen molar-refractivity contribution >= 4 is 27.4 Å². The van der Waals surface area contributed by atoms with Gasteiger partial charge in [0, 0.05) is 38.6 Å². The fraction of sp³-hybridized carbons (Fsp3) is 0.104. The Kier molecular flexibility index (Phi) is 6.94. The van der Waals surface area contributed by atoms with Crippen LogP contribution in [0.5, 0.6) is 0 Å². The normalized spacial score (nSPS) is 14.4. The second kappa shape index (κ2) is 11.9. The highest BCUT2D eigenvalue weighted by Crippen LogP contribution is 2.51. The molecule has 4 nitrogen and oxygen atoms in total. The number of hydrogen-bond acceptors (Lipinski definition) is 3. The molecule has 52 heavy (non-hydrogen) atoms. The van der Waals surface area contributed by atoms with Gasteiger partial charge in [0.05, 0.1) is 11.0 Å². The highest BCUT2D eigenvalue weighted by molar-refractivity contribution is 6.11. The molecule has 0 saturated carbocycles. The smallest absolute Gasteiger partial charge is 0.164 e.